The summed E-state index contributed by atoms with van der Waals surface area (Å²) in [4.78, 5) is 15.1. The second-order valence-electron chi connectivity index (χ2n) is 3.04. The molecule has 0 aliphatic rings. The monoisotopic (exact) mass is 309 g/mol. The van der Waals surface area contributed by atoms with Crippen LogP contribution in [0.15, 0.2) is 6.20 Å². The molecule has 0 aliphatic heterocycles. The van der Waals surface area contributed by atoms with Crippen LogP contribution in [-0.4, -0.2) is 22.7 Å². The standard InChI is InChI=1S/C10H10BrF2NO3/c1-2-17-10(16)7-5(9(12)13)4-14-6(3-11)8(7)15/h4,9,15H,2-3H2,1H3. The molecule has 1 heterocycles. The zero-order valence-electron chi connectivity index (χ0n) is 8.91. The summed E-state index contributed by atoms with van der Waals surface area (Å²) in [5.41, 5.74) is -1.05. The van der Waals surface area contributed by atoms with Gasteiger partial charge in [0.2, 0.25) is 0 Å². The Hall–Kier alpha value is -1.24. The van der Waals surface area contributed by atoms with Crippen LogP contribution in [0.1, 0.15) is 35.0 Å². The van der Waals surface area contributed by atoms with E-state index in [9.17, 15) is 18.7 Å². The molecule has 0 saturated heterocycles. The lowest BCUT2D eigenvalue weighted by Crippen LogP contribution is -2.11. The summed E-state index contributed by atoms with van der Waals surface area (Å²) in [6.07, 6.45) is -2.04. The number of alkyl halides is 3. The highest BCUT2D eigenvalue weighted by molar-refractivity contribution is 9.08. The van der Waals surface area contributed by atoms with E-state index in [1.165, 1.54) is 0 Å². The molecule has 4 nitrogen and oxygen atoms in total. The van der Waals surface area contributed by atoms with E-state index < -0.39 is 29.3 Å². The topological polar surface area (TPSA) is 59.4 Å². The maximum absolute atomic E-state index is 12.7. The second-order valence-corrected chi connectivity index (χ2v) is 3.60. The van der Waals surface area contributed by atoms with E-state index in [1.54, 1.807) is 6.92 Å². The number of aromatic hydroxyl groups is 1. The molecular formula is C10H10BrF2NO3. The molecule has 0 amide bonds. The van der Waals surface area contributed by atoms with E-state index in [-0.39, 0.29) is 17.6 Å². The van der Waals surface area contributed by atoms with Gasteiger partial charge in [0.15, 0.2) is 5.75 Å². The number of rotatable bonds is 4. The van der Waals surface area contributed by atoms with Gasteiger partial charge in [0, 0.05) is 11.5 Å². The highest BCUT2D eigenvalue weighted by atomic mass is 79.9. The minimum absolute atomic E-state index is 0.0346. The smallest absolute Gasteiger partial charge is 0.342 e. The third-order valence-electron chi connectivity index (χ3n) is 2.00. The van der Waals surface area contributed by atoms with Crippen LogP contribution >= 0.6 is 15.9 Å². The Morgan fingerprint density at radius 3 is 2.76 bits per heavy atom. The summed E-state index contributed by atoms with van der Waals surface area (Å²) in [7, 11) is 0. The van der Waals surface area contributed by atoms with Gasteiger partial charge in [-0.1, -0.05) is 15.9 Å². The van der Waals surface area contributed by atoms with E-state index in [2.05, 4.69) is 25.7 Å². The zero-order chi connectivity index (χ0) is 13.0. The van der Waals surface area contributed by atoms with Crippen LogP contribution in [-0.2, 0) is 10.1 Å². The molecule has 1 aromatic heterocycles. The number of ether oxygens (including phenoxy) is 1. The van der Waals surface area contributed by atoms with Crippen molar-refractivity contribution in [3.63, 3.8) is 0 Å². The van der Waals surface area contributed by atoms with Crippen molar-refractivity contribution >= 4 is 21.9 Å². The number of halogens is 3. The summed E-state index contributed by atoms with van der Waals surface area (Å²) in [5, 5.41) is 9.84. The first-order chi connectivity index (χ1) is 8.02. The number of carbonyl (C=O) groups excluding carboxylic acids is 1. The number of aromatic nitrogens is 1. The lowest BCUT2D eigenvalue weighted by molar-refractivity contribution is 0.0511. The predicted octanol–water partition coefficient (Wildman–Crippen LogP) is 2.80. The summed E-state index contributed by atoms with van der Waals surface area (Å²) >= 11 is 3.03. The molecule has 0 atom stereocenters. The largest absolute Gasteiger partial charge is 0.505 e. The highest BCUT2D eigenvalue weighted by Crippen LogP contribution is 2.32. The summed E-state index contributed by atoms with van der Waals surface area (Å²) < 4.78 is 30.0. The molecule has 0 radical (unpaired) electrons. The van der Waals surface area contributed by atoms with Crippen molar-refractivity contribution in [3.05, 3.63) is 23.0 Å². The number of nitrogens with zero attached hydrogens (tertiary/aromatic N) is 1. The average molecular weight is 310 g/mol. The first-order valence-corrected chi connectivity index (χ1v) is 5.87. The Balaban J connectivity index is 3.34. The van der Waals surface area contributed by atoms with E-state index in [1.807, 2.05) is 0 Å². The van der Waals surface area contributed by atoms with Crippen molar-refractivity contribution in [2.75, 3.05) is 6.61 Å². The fourth-order valence-electron chi connectivity index (χ4n) is 1.24. The number of hydrogen-bond donors (Lipinski definition) is 1. The van der Waals surface area contributed by atoms with Gasteiger partial charge in [0.05, 0.1) is 17.9 Å². The van der Waals surface area contributed by atoms with E-state index in [0.29, 0.717) is 0 Å². The molecule has 7 heteroatoms. The summed E-state index contributed by atoms with van der Waals surface area (Å²) in [5.74, 6) is -1.55. The fraction of sp³-hybridized carbons (Fsp3) is 0.400. The molecule has 0 bridgehead atoms. The van der Waals surface area contributed by atoms with Crippen molar-refractivity contribution in [3.8, 4) is 5.75 Å². The Morgan fingerprint density at radius 1 is 1.65 bits per heavy atom. The van der Waals surface area contributed by atoms with Crippen LogP contribution in [0.25, 0.3) is 0 Å². The van der Waals surface area contributed by atoms with Gasteiger partial charge < -0.3 is 9.84 Å². The lowest BCUT2D eigenvalue weighted by Gasteiger charge is -2.11. The second kappa shape index (κ2) is 5.90. The lowest BCUT2D eigenvalue weighted by atomic mass is 10.1. The van der Waals surface area contributed by atoms with Crippen molar-refractivity contribution in [2.45, 2.75) is 18.7 Å². The quantitative estimate of drug-likeness (QED) is 0.686. The minimum atomic E-state index is -2.91. The van der Waals surface area contributed by atoms with Gasteiger partial charge in [-0.05, 0) is 6.92 Å². The Labute approximate surface area is 105 Å². The van der Waals surface area contributed by atoms with Gasteiger partial charge in [-0.3, -0.25) is 4.98 Å². The van der Waals surface area contributed by atoms with Gasteiger partial charge in [0.1, 0.15) is 5.56 Å². The van der Waals surface area contributed by atoms with Crippen LogP contribution in [0, 0.1) is 0 Å². The maximum atomic E-state index is 12.7. The van der Waals surface area contributed by atoms with E-state index in [0.717, 1.165) is 6.20 Å². The van der Waals surface area contributed by atoms with E-state index >= 15 is 0 Å². The van der Waals surface area contributed by atoms with Gasteiger partial charge in [-0.15, -0.1) is 0 Å². The third-order valence-corrected chi connectivity index (χ3v) is 2.53. The van der Waals surface area contributed by atoms with Gasteiger partial charge >= 0.3 is 5.97 Å². The molecule has 0 aliphatic carbocycles. The molecule has 1 rings (SSSR count). The summed E-state index contributed by atoms with van der Waals surface area (Å²) in [6, 6.07) is 0. The third kappa shape index (κ3) is 2.91. The number of esters is 1. The first-order valence-electron chi connectivity index (χ1n) is 4.74. The van der Waals surface area contributed by atoms with Gasteiger partial charge in [-0.25, -0.2) is 13.6 Å². The molecule has 0 saturated carbocycles. The van der Waals surface area contributed by atoms with Crippen molar-refractivity contribution < 1.29 is 23.4 Å². The van der Waals surface area contributed by atoms with Gasteiger partial charge in [-0.2, -0.15) is 0 Å². The molecular weight excluding hydrogens is 300 g/mol. The fourth-order valence-corrected chi connectivity index (χ4v) is 1.65. The number of carbonyl (C=O) groups is 1. The molecule has 1 N–H and O–H groups in total. The molecule has 0 spiro atoms. The molecule has 17 heavy (non-hydrogen) atoms. The Kier molecular flexibility index (Phi) is 4.80. The van der Waals surface area contributed by atoms with Crippen molar-refractivity contribution in [1.82, 2.24) is 4.98 Å². The van der Waals surface area contributed by atoms with Crippen molar-refractivity contribution in [2.24, 2.45) is 0 Å². The van der Waals surface area contributed by atoms with E-state index in [4.69, 9.17) is 0 Å². The minimum Gasteiger partial charge on any atom is -0.505 e. The molecule has 0 aromatic carbocycles. The normalized spacial score (nSPS) is 10.6. The molecule has 94 valence electrons. The van der Waals surface area contributed by atoms with Crippen LogP contribution in [0.2, 0.25) is 0 Å². The first kappa shape index (κ1) is 13.8. The van der Waals surface area contributed by atoms with Crippen LogP contribution in [0.5, 0.6) is 5.75 Å². The number of hydrogen-bond acceptors (Lipinski definition) is 4. The average Bonchev–Trinajstić information content (AvgIpc) is 2.28. The molecule has 0 unspecified atom stereocenters. The predicted molar refractivity (Wildman–Crippen MR) is 59.4 cm³/mol. The summed E-state index contributed by atoms with van der Waals surface area (Å²) in [6.45, 7) is 1.58. The Morgan fingerprint density at radius 2 is 2.29 bits per heavy atom. The zero-order valence-corrected chi connectivity index (χ0v) is 10.5. The Bertz CT molecular complexity index is 426. The highest BCUT2D eigenvalue weighted by Gasteiger charge is 2.25. The maximum Gasteiger partial charge on any atom is 0.342 e. The number of pyridine rings is 1. The van der Waals surface area contributed by atoms with Crippen LogP contribution < -0.4 is 0 Å². The molecule has 0 fully saturated rings. The SMILES string of the molecule is CCOC(=O)c1c(C(F)F)cnc(CBr)c1O. The molecule has 1 aromatic rings. The van der Waals surface area contributed by atoms with Crippen LogP contribution in [0.4, 0.5) is 8.78 Å². The van der Waals surface area contributed by atoms with Crippen molar-refractivity contribution in [1.29, 1.82) is 0 Å². The van der Waals surface area contributed by atoms with Crippen LogP contribution in [0.3, 0.4) is 0 Å². The van der Waals surface area contributed by atoms with Gasteiger partial charge in [0.25, 0.3) is 6.43 Å².